The molecule has 3 heterocycles. The van der Waals surface area contributed by atoms with E-state index in [1.807, 2.05) is 4.90 Å². The molecule has 2 aliphatic rings. The summed E-state index contributed by atoms with van der Waals surface area (Å²) in [5.74, 6) is 0.0501. The number of hydrogen-bond acceptors (Lipinski definition) is 2. The van der Waals surface area contributed by atoms with E-state index in [1.54, 1.807) is 17.7 Å². The number of hydrogen-bond donors (Lipinski definition) is 0. The third-order valence-electron chi connectivity index (χ3n) is 4.92. The average molecular weight is 330 g/mol. The number of nitrogens with zero attached hydrogens (tertiary/aromatic N) is 3. The first-order valence-electron chi connectivity index (χ1n) is 7.52. The molecule has 2 fully saturated rings. The van der Waals surface area contributed by atoms with Crippen LogP contribution in [-0.2, 0) is 7.05 Å². The molecular weight excluding hydrogens is 309 g/mol. The minimum Gasteiger partial charge on any atom is -0.333 e. The van der Waals surface area contributed by atoms with Crippen LogP contribution < -0.4 is 0 Å². The van der Waals surface area contributed by atoms with E-state index >= 15 is 0 Å². The van der Waals surface area contributed by atoms with Crippen LogP contribution >= 0.6 is 23.2 Å². The lowest BCUT2D eigenvalue weighted by atomic mass is 10.0. The van der Waals surface area contributed by atoms with Gasteiger partial charge in [0, 0.05) is 25.7 Å². The van der Waals surface area contributed by atoms with Gasteiger partial charge >= 0.3 is 0 Å². The quantitative estimate of drug-likeness (QED) is 0.834. The van der Waals surface area contributed by atoms with Crippen LogP contribution in [0.2, 0.25) is 10.2 Å². The zero-order valence-corrected chi connectivity index (χ0v) is 14.0. The van der Waals surface area contributed by atoms with E-state index < -0.39 is 0 Å². The molecule has 2 unspecified atom stereocenters. The molecule has 0 N–H and O–H groups in total. The Labute approximate surface area is 135 Å². The first kappa shape index (κ1) is 15.2. The van der Waals surface area contributed by atoms with Gasteiger partial charge in [0.25, 0.3) is 5.91 Å². The standard InChI is InChI=1S/C15H21Cl2N3O/c1-18-7-3-5-11(18)12-6-4-8-20(12)15(21)13-9-10(16)14(17)19(13)2/h9,11-12H,3-8H2,1-2H3. The molecule has 2 saturated heterocycles. The van der Waals surface area contributed by atoms with Crippen molar-refractivity contribution in [3.05, 3.63) is 21.9 Å². The van der Waals surface area contributed by atoms with Crippen molar-refractivity contribution in [2.75, 3.05) is 20.1 Å². The monoisotopic (exact) mass is 329 g/mol. The van der Waals surface area contributed by atoms with Crippen molar-refractivity contribution in [1.82, 2.24) is 14.4 Å². The van der Waals surface area contributed by atoms with Gasteiger partial charge in [-0.3, -0.25) is 4.79 Å². The predicted octanol–water partition coefficient (Wildman–Crippen LogP) is 3.03. The molecule has 1 amide bonds. The van der Waals surface area contributed by atoms with E-state index in [-0.39, 0.29) is 5.91 Å². The Balaban J connectivity index is 1.84. The summed E-state index contributed by atoms with van der Waals surface area (Å²) < 4.78 is 1.68. The summed E-state index contributed by atoms with van der Waals surface area (Å²) in [5, 5.41) is 0.866. The molecule has 116 valence electrons. The van der Waals surface area contributed by atoms with Crippen molar-refractivity contribution in [2.45, 2.75) is 37.8 Å². The molecule has 0 bridgehead atoms. The topological polar surface area (TPSA) is 28.5 Å². The SMILES string of the molecule is CN1CCCC1C1CCCN1C(=O)c1cc(Cl)c(Cl)n1C. The first-order valence-corrected chi connectivity index (χ1v) is 8.28. The van der Waals surface area contributed by atoms with E-state index in [0.29, 0.717) is 28.0 Å². The van der Waals surface area contributed by atoms with Crippen molar-refractivity contribution >= 4 is 29.1 Å². The molecule has 1 aromatic heterocycles. The molecule has 0 aromatic carbocycles. The zero-order valence-electron chi connectivity index (χ0n) is 12.5. The highest BCUT2D eigenvalue weighted by Gasteiger charge is 2.39. The molecule has 4 nitrogen and oxygen atoms in total. The van der Waals surface area contributed by atoms with Gasteiger partial charge in [-0.2, -0.15) is 0 Å². The van der Waals surface area contributed by atoms with E-state index in [4.69, 9.17) is 23.2 Å². The Morgan fingerprint density at radius 1 is 1.14 bits per heavy atom. The lowest BCUT2D eigenvalue weighted by molar-refractivity contribution is 0.0655. The van der Waals surface area contributed by atoms with Crippen molar-refractivity contribution in [3.63, 3.8) is 0 Å². The van der Waals surface area contributed by atoms with Crippen LogP contribution in [0.4, 0.5) is 0 Å². The van der Waals surface area contributed by atoms with Gasteiger partial charge in [-0.25, -0.2) is 0 Å². The number of carbonyl (C=O) groups is 1. The largest absolute Gasteiger partial charge is 0.333 e. The minimum absolute atomic E-state index is 0.0501. The number of amides is 1. The lowest BCUT2D eigenvalue weighted by Crippen LogP contribution is -2.47. The number of rotatable bonds is 2. The summed E-state index contributed by atoms with van der Waals surface area (Å²) in [4.78, 5) is 17.3. The average Bonchev–Trinajstić information content (AvgIpc) is 3.14. The van der Waals surface area contributed by atoms with E-state index in [2.05, 4.69) is 11.9 Å². The summed E-state index contributed by atoms with van der Waals surface area (Å²) in [7, 11) is 3.95. The Hall–Kier alpha value is -0.710. The van der Waals surface area contributed by atoms with Gasteiger partial charge in [-0.1, -0.05) is 23.2 Å². The van der Waals surface area contributed by atoms with Crippen LogP contribution in [-0.4, -0.2) is 52.5 Å². The smallest absolute Gasteiger partial charge is 0.270 e. The summed E-state index contributed by atoms with van der Waals surface area (Å²) in [6, 6.07) is 2.49. The fourth-order valence-corrected chi connectivity index (χ4v) is 4.14. The van der Waals surface area contributed by atoms with Gasteiger partial charge < -0.3 is 14.4 Å². The number of halogens is 2. The van der Waals surface area contributed by atoms with Gasteiger partial charge in [0.1, 0.15) is 10.8 Å². The van der Waals surface area contributed by atoms with Crippen LogP contribution in [0.3, 0.4) is 0 Å². The Bertz CT molecular complexity index is 557. The lowest BCUT2D eigenvalue weighted by Gasteiger charge is -2.33. The van der Waals surface area contributed by atoms with E-state index in [9.17, 15) is 4.79 Å². The van der Waals surface area contributed by atoms with Crippen LogP contribution in [0, 0.1) is 0 Å². The highest BCUT2D eigenvalue weighted by atomic mass is 35.5. The zero-order chi connectivity index (χ0) is 15.1. The third kappa shape index (κ3) is 2.58. The van der Waals surface area contributed by atoms with Crippen LogP contribution in [0.25, 0.3) is 0 Å². The molecule has 21 heavy (non-hydrogen) atoms. The maximum atomic E-state index is 12.9. The second-order valence-corrected chi connectivity index (χ2v) is 6.89. The predicted molar refractivity (Wildman–Crippen MR) is 85.1 cm³/mol. The van der Waals surface area contributed by atoms with Gasteiger partial charge in [-0.15, -0.1) is 0 Å². The third-order valence-corrected chi connectivity index (χ3v) is 5.76. The fraction of sp³-hybridized carbons (Fsp3) is 0.667. The van der Waals surface area contributed by atoms with Crippen molar-refractivity contribution in [2.24, 2.45) is 7.05 Å². The fourth-order valence-electron chi connectivity index (χ4n) is 3.76. The Morgan fingerprint density at radius 3 is 2.38 bits per heavy atom. The normalized spacial score (nSPS) is 26.8. The molecule has 0 saturated carbocycles. The molecule has 0 radical (unpaired) electrons. The summed E-state index contributed by atoms with van der Waals surface area (Å²) in [5.41, 5.74) is 0.581. The van der Waals surface area contributed by atoms with Gasteiger partial charge in [0.05, 0.1) is 5.02 Å². The molecule has 0 aliphatic carbocycles. The number of likely N-dealkylation sites (N-methyl/N-ethyl adjacent to an activating group) is 1. The Kier molecular flexibility index (Phi) is 4.21. The number of carbonyl (C=O) groups excluding carboxylic acids is 1. The van der Waals surface area contributed by atoms with Crippen LogP contribution in [0.5, 0.6) is 0 Å². The minimum atomic E-state index is 0.0501. The summed E-state index contributed by atoms with van der Waals surface area (Å²) in [6.07, 6.45) is 4.57. The van der Waals surface area contributed by atoms with Crippen molar-refractivity contribution in [1.29, 1.82) is 0 Å². The van der Waals surface area contributed by atoms with Gasteiger partial charge in [0.2, 0.25) is 0 Å². The van der Waals surface area contributed by atoms with E-state index in [0.717, 1.165) is 25.9 Å². The number of likely N-dealkylation sites (tertiary alicyclic amines) is 2. The molecule has 6 heteroatoms. The van der Waals surface area contributed by atoms with Crippen LogP contribution in [0.1, 0.15) is 36.2 Å². The molecule has 0 spiro atoms. The second-order valence-electron chi connectivity index (χ2n) is 6.13. The van der Waals surface area contributed by atoms with Crippen molar-refractivity contribution < 1.29 is 4.79 Å². The second kappa shape index (κ2) is 5.82. The summed E-state index contributed by atoms with van der Waals surface area (Å²) in [6.45, 7) is 1.96. The first-order chi connectivity index (χ1) is 10.0. The molecule has 1 aromatic rings. The maximum absolute atomic E-state index is 12.9. The van der Waals surface area contributed by atoms with Crippen LogP contribution in [0.15, 0.2) is 6.07 Å². The highest BCUT2D eigenvalue weighted by molar-refractivity contribution is 6.41. The van der Waals surface area contributed by atoms with Gasteiger partial charge in [0.15, 0.2) is 0 Å². The number of aromatic nitrogens is 1. The maximum Gasteiger partial charge on any atom is 0.270 e. The van der Waals surface area contributed by atoms with Gasteiger partial charge in [-0.05, 0) is 45.3 Å². The Morgan fingerprint density at radius 2 is 1.81 bits per heavy atom. The molecule has 2 aliphatic heterocycles. The van der Waals surface area contributed by atoms with E-state index in [1.165, 1.54) is 12.8 Å². The molecular formula is C15H21Cl2N3O. The highest BCUT2D eigenvalue weighted by Crippen LogP contribution is 2.32. The molecule has 2 atom stereocenters. The molecule has 3 rings (SSSR count). The van der Waals surface area contributed by atoms with Crippen molar-refractivity contribution in [3.8, 4) is 0 Å². The summed E-state index contributed by atoms with van der Waals surface area (Å²) >= 11 is 12.1.